The molecule has 0 radical (unpaired) electrons. The van der Waals surface area contributed by atoms with Crippen LogP contribution in [0.2, 0.25) is 0 Å². The number of halogens is 1. The van der Waals surface area contributed by atoms with Gasteiger partial charge < -0.3 is 10.2 Å². The van der Waals surface area contributed by atoms with E-state index in [-0.39, 0.29) is 18.1 Å². The molecule has 0 aliphatic heterocycles. The number of benzene rings is 2. The molecular weight excluding hydrogens is 483 g/mol. The molecule has 0 fully saturated rings. The summed E-state index contributed by atoms with van der Waals surface area (Å²) in [6.07, 6.45) is 2.08. The largest absolute Gasteiger partial charge is 0.354 e. The molecule has 36 heavy (non-hydrogen) atoms. The van der Waals surface area contributed by atoms with Gasteiger partial charge in [0.1, 0.15) is 18.4 Å². The van der Waals surface area contributed by atoms with Gasteiger partial charge in [-0.2, -0.15) is 12.7 Å². The van der Waals surface area contributed by atoms with Gasteiger partial charge in [0.05, 0.1) is 5.69 Å². The molecule has 0 aromatic heterocycles. The highest BCUT2D eigenvalue weighted by Crippen LogP contribution is 2.22. The fourth-order valence-corrected chi connectivity index (χ4v) is 4.81. The standard InChI is InChI=1S/C26H37FN4O4S/c1-6-8-16-28-26(33)24(7-2)30(18-21-11-9-10-20(3)17-21)25(32)19-31(36(34,35)29(4)5)23-14-12-22(27)13-15-23/h9-15,17,24H,6-8,16,18-19H2,1-5H3,(H,28,33)/t24-/m1/s1. The first-order valence-electron chi connectivity index (χ1n) is 12.1. The van der Waals surface area contributed by atoms with Crippen LogP contribution in [0.15, 0.2) is 48.5 Å². The van der Waals surface area contributed by atoms with Crippen molar-refractivity contribution < 1.29 is 22.4 Å². The Labute approximate surface area is 214 Å². The van der Waals surface area contributed by atoms with E-state index in [0.717, 1.165) is 44.7 Å². The molecule has 0 saturated heterocycles. The van der Waals surface area contributed by atoms with Crippen LogP contribution in [0.5, 0.6) is 0 Å². The zero-order valence-corrected chi connectivity index (χ0v) is 22.5. The predicted octanol–water partition coefficient (Wildman–Crippen LogP) is 3.47. The molecule has 1 N–H and O–H groups in total. The number of unbranched alkanes of at least 4 members (excludes halogenated alkanes) is 1. The summed E-state index contributed by atoms with van der Waals surface area (Å²) in [5, 5.41) is 2.89. The minimum absolute atomic E-state index is 0.138. The van der Waals surface area contributed by atoms with Crippen LogP contribution in [0.3, 0.4) is 0 Å². The van der Waals surface area contributed by atoms with Gasteiger partial charge in [-0.15, -0.1) is 0 Å². The minimum Gasteiger partial charge on any atom is -0.354 e. The highest BCUT2D eigenvalue weighted by molar-refractivity contribution is 7.90. The summed E-state index contributed by atoms with van der Waals surface area (Å²) in [5.74, 6) is -1.34. The fourth-order valence-electron chi connectivity index (χ4n) is 3.76. The molecule has 2 aromatic carbocycles. The van der Waals surface area contributed by atoms with Crippen LogP contribution in [0.1, 0.15) is 44.2 Å². The zero-order chi connectivity index (χ0) is 26.9. The summed E-state index contributed by atoms with van der Waals surface area (Å²) in [6, 6.07) is 11.7. The lowest BCUT2D eigenvalue weighted by Crippen LogP contribution is -2.53. The van der Waals surface area contributed by atoms with Gasteiger partial charge in [0, 0.05) is 27.2 Å². The molecule has 1 atom stereocenters. The molecule has 0 saturated carbocycles. The van der Waals surface area contributed by atoms with E-state index in [1.54, 1.807) is 0 Å². The average molecular weight is 521 g/mol. The Hall–Kier alpha value is -2.98. The number of hydrogen-bond donors (Lipinski definition) is 1. The molecule has 0 aliphatic rings. The molecule has 0 bridgehead atoms. The Morgan fingerprint density at radius 2 is 1.72 bits per heavy atom. The summed E-state index contributed by atoms with van der Waals surface area (Å²) in [6.45, 7) is 5.86. The van der Waals surface area contributed by atoms with E-state index in [4.69, 9.17) is 0 Å². The van der Waals surface area contributed by atoms with Crippen molar-refractivity contribution in [3.63, 3.8) is 0 Å². The van der Waals surface area contributed by atoms with E-state index in [9.17, 15) is 22.4 Å². The van der Waals surface area contributed by atoms with Crippen LogP contribution in [-0.2, 0) is 26.3 Å². The highest BCUT2D eigenvalue weighted by atomic mass is 32.2. The molecule has 0 spiro atoms. The van der Waals surface area contributed by atoms with Crippen molar-refractivity contribution in [2.75, 3.05) is 31.5 Å². The number of carbonyl (C=O) groups is 2. The Bertz CT molecular complexity index is 1120. The molecule has 8 nitrogen and oxygen atoms in total. The van der Waals surface area contributed by atoms with E-state index in [1.807, 2.05) is 45.0 Å². The molecule has 0 unspecified atom stereocenters. The van der Waals surface area contributed by atoms with Crippen LogP contribution in [-0.4, -0.2) is 62.7 Å². The number of hydrogen-bond acceptors (Lipinski definition) is 4. The lowest BCUT2D eigenvalue weighted by molar-refractivity contribution is -0.140. The van der Waals surface area contributed by atoms with Crippen molar-refractivity contribution >= 4 is 27.7 Å². The van der Waals surface area contributed by atoms with Crippen LogP contribution in [0.4, 0.5) is 10.1 Å². The summed E-state index contributed by atoms with van der Waals surface area (Å²) in [4.78, 5) is 28.2. The zero-order valence-electron chi connectivity index (χ0n) is 21.7. The first kappa shape index (κ1) is 29.3. The Morgan fingerprint density at radius 3 is 2.28 bits per heavy atom. The molecule has 2 amide bonds. The van der Waals surface area contributed by atoms with E-state index in [1.165, 1.54) is 31.1 Å². The molecule has 2 rings (SSSR count). The van der Waals surface area contributed by atoms with E-state index in [0.29, 0.717) is 13.0 Å². The van der Waals surface area contributed by atoms with Gasteiger partial charge in [0.2, 0.25) is 11.8 Å². The van der Waals surface area contributed by atoms with Crippen molar-refractivity contribution in [2.45, 2.75) is 52.6 Å². The van der Waals surface area contributed by atoms with Crippen molar-refractivity contribution in [1.82, 2.24) is 14.5 Å². The maximum absolute atomic E-state index is 13.7. The fraction of sp³-hybridized carbons (Fsp3) is 0.462. The summed E-state index contributed by atoms with van der Waals surface area (Å²) in [7, 11) is -1.37. The van der Waals surface area contributed by atoms with E-state index in [2.05, 4.69) is 5.32 Å². The highest BCUT2D eigenvalue weighted by Gasteiger charge is 2.33. The van der Waals surface area contributed by atoms with Crippen LogP contribution in [0.25, 0.3) is 0 Å². The topological polar surface area (TPSA) is 90.0 Å². The summed E-state index contributed by atoms with van der Waals surface area (Å²) < 4.78 is 41.7. The third-order valence-electron chi connectivity index (χ3n) is 5.78. The Kier molecular flexibility index (Phi) is 10.9. The second kappa shape index (κ2) is 13.4. The first-order valence-corrected chi connectivity index (χ1v) is 13.5. The third-order valence-corrected chi connectivity index (χ3v) is 7.60. The van der Waals surface area contributed by atoms with Gasteiger partial charge in [-0.3, -0.25) is 9.59 Å². The summed E-state index contributed by atoms with van der Waals surface area (Å²) >= 11 is 0. The second-order valence-electron chi connectivity index (χ2n) is 8.85. The number of aryl methyl sites for hydroxylation is 1. The number of nitrogens with one attached hydrogen (secondary N) is 1. The Balaban J connectivity index is 2.46. The van der Waals surface area contributed by atoms with Gasteiger partial charge >= 0.3 is 10.2 Å². The maximum atomic E-state index is 13.7. The molecule has 198 valence electrons. The van der Waals surface area contributed by atoms with E-state index < -0.39 is 34.5 Å². The maximum Gasteiger partial charge on any atom is 0.304 e. The quantitative estimate of drug-likeness (QED) is 0.410. The van der Waals surface area contributed by atoms with Gasteiger partial charge in [-0.05, 0) is 49.6 Å². The molecule has 10 heteroatoms. The molecule has 0 heterocycles. The van der Waals surface area contributed by atoms with Gasteiger partial charge in [-0.25, -0.2) is 8.70 Å². The van der Waals surface area contributed by atoms with Crippen molar-refractivity contribution in [2.24, 2.45) is 0 Å². The van der Waals surface area contributed by atoms with Gasteiger partial charge in [0.25, 0.3) is 0 Å². The monoisotopic (exact) mass is 520 g/mol. The number of carbonyl (C=O) groups excluding carboxylic acids is 2. The van der Waals surface area contributed by atoms with Crippen molar-refractivity contribution in [3.05, 3.63) is 65.5 Å². The van der Waals surface area contributed by atoms with Crippen molar-refractivity contribution in [1.29, 1.82) is 0 Å². The smallest absolute Gasteiger partial charge is 0.304 e. The number of anilines is 1. The third kappa shape index (κ3) is 7.76. The molecule has 2 aromatic rings. The summed E-state index contributed by atoms with van der Waals surface area (Å²) in [5.41, 5.74) is 1.98. The van der Waals surface area contributed by atoms with Gasteiger partial charge in [0.15, 0.2) is 0 Å². The number of amides is 2. The lowest BCUT2D eigenvalue weighted by atomic mass is 10.1. The van der Waals surface area contributed by atoms with Crippen LogP contribution >= 0.6 is 0 Å². The number of rotatable bonds is 13. The number of nitrogens with zero attached hydrogens (tertiary/aromatic N) is 3. The first-order chi connectivity index (χ1) is 17.0. The van der Waals surface area contributed by atoms with E-state index >= 15 is 0 Å². The average Bonchev–Trinajstić information content (AvgIpc) is 2.83. The van der Waals surface area contributed by atoms with Crippen LogP contribution < -0.4 is 9.62 Å². The minimum atomic E-state index is -4.09. The normalized spacial score (nSPS) is 12.3. The second-order valence-corrected chi connectivity index (χ2v) is 10.9. The molecule has 0 aliphatic carbocycles. The lowest BCUT2D eigenvalue weighted by Gasteiger charge is -2.34. The Morgan fingerprint density at radius 1 is 1.06 bits per heavy atom. The van der Waals surface area contributed by atoms with Crippen LogP contribution in [0, 0.1) is 12.7 Å². The van der Waals surface area contributed by atoms with Gasteiger partial charge in [-0.1, -0.05) is 50.1 Å². The van der Waals surface area contributed by atoms with Crippen molar-refractivity contribution in [3.8, 4) is 0 Å². The predicted molar refractivity (Wildman–Crippen MR) is 140 cm³/mol. The SMILES string of the molecule is CCCCNC(=O)[C@@H](CC)N(Cc1cccc(C)c1)C(=O)CN(c1ccc(F)cc1)S(=O)(=O)N(C)C. The molecular formula is C26H37FN4O4S.